The van der Waals surface area contributed by atoms with Gasteiger partial charge < -0.3 is 15.0 Å². The Morgan fingerprint density at radius 2 is 2.20 bits per heavy atom. The van der Waals surface area contributed by atoms with Crippen molar-refractivity contribution in [3.8, 4) is 0 Å². The summed E-state index contributed by atoms with van der Waals surface area (Å²) in [5.74, 6) is 1.96. The predicted molar refractivity (Wildman–Crippen MR) is 52.1 cm³/mol. The summed E-state index contributed by atoms with van der Waals surface area (Å²) in [4.78, 5) is 4.29. The van der Waals surface area contributed by atoms with Crippen LogP contribution >= 0.6 is 0 Å². The zero-order chi connectivity index (χ0) is 10.3. The maximum atomic E-state index is 5.66. The van der Waals surface area contributed by atoms with Gasteiger partial charge in [-0.15, -0.1) is 0 Å². The van der Waals surface area contributed by atoms with E-state index in [4.69, 9.17) is 15.0 Å². The predicted octanol–water partition coefficient (Wildman–Crippen LogP) is 0.953. The molecule has 5 heteroatoms. The summed E-state index contributed by atoms with van der Waals surface area (Å²) in [5, 5.41) is 3.88. The molecule has 0 amide bonds. The van der Waals surface area contributed by atoms with Crippen LogP contribution in [0.1, 0.15) is 43.3 Å². The molecule has 0 aliphatic heterocycles. The summed E-state index contributed by atoms with van der Waals surface area (Å²) in [7, 11) is 0. The molecular formula is C10H15N3O2. The highest BCUT2D eigenvalue weighted by Crippen LogP contribution is 2.38. The molecule has 5 nitrogen and oxygen atoms in total. The van der Waals surface area contributed by atoms with Crippen molar-refractivity contribution < 1.29 is 9.26 Å². The van der Waals surface area contributed by atoms with Gasteiger partial charge in [0.2, 0.25) is 5.89 Å². The minimum absolute atomic E-state index is 0.294. The molecule has 0 radical (unpaired) electrons. The molecule has 2 fully saturated rings. The Morgan fingerprint density at radius 1 is 1.40 bits per heavy atom. The summed E-state index contributed by atoms with van der Waals surface area (Å²) in [6.45, 7) is 0.452. The van der Waals surface area contributed by atoms with Gasteiger partial charge in [0.25, 0.3) is 0 Å². The van der Waals surface area contributed by atoms with Crippen LogP contribution in [0.15, 0.2) is 4.52 Å². The number of rotatable bonds is 4. The van der Waals surface area contributed by atoms with Crippen molar-refractivity contribution in [3.63, 3.8) is 0 Å². The van der Waals surface area contributed by atoms with Gasteiger partial charge in [-0.1, -0.05) is 5.16 Å². The number of hydrogen-bond acceptors (Lipinski definition) is 5. The number of hydrogen-bond donors (Lipinski definition) is 1. The highest BCUT2D eigenvalue weighted by atomic mass is 16.5. The second-order valence-corrected chi connectivity index (χ2v) is 4.49. The molecule has 1 aromatic rings. The average Bonchev–Trinajstić information content (AvgIpc) is 2.92. The van der Waals surface area contributed by atoms with E-state index in [1.54, 1.807) is 0 Å². The molecular weight excluding hydrogens is 194 g/mol. The second-order valence-electron chi connectivity index (χ2n) is 4.49. The standard InChI is InChI=1S/C10H15N3O2/c11-7-3-8(4-7)14-5-9-12-10(15-13-9)6-1-2-6/h6-8H,1-5,11H2. The van der Waals surface area contributed by atoms with E-state index in [1.807, 2.05) is 0 Å². The normalized spacial score (nSPS) is 30.2. The molecule has 0 saturated heterocycles. The monoisotopic (exact) mass is 209 g/mol. The highest BCUT2D eigenvalue weighted by molar-refractivity contribution is 5.01. The fourth-order valence-corrected chi connectivity index (χ4v) is 1.76. The largest absolute Gasteiger partial charge is 0.370 e. The van der Waals surface area contributed by atoms with Crippen LogP contribution in [0.2, 0.25) is 0 Å². The van der Waals surface area contributed by atoms with Crippen LogP contribution in [-0.4, -0.2) is 22.3 Å². The Kier molecular flexibility index (Phi) is 2.21. The van der Waals surface area contributed by atoms with E-state index in [2.05, 4.69) is 10.1 Å². The summed E-state index contributed by atoms with van der Waals surface area (Å²) in [6.07, 6.45) is 4.56. The molecule has 1 heterocycles. The molecule has 0 aromatic carbocycles. The van der Waals surface area contributed by atoms with Gasteiger partial charge in [0, 0.05) is 12.0 Å². The Labute approximate surface area is 88.0 Å². The molecule has 2 saturated carbocycles. The highest BCUT2D eigenvalue weighted by Gasteiger charge is 2.30. The third kappa shape index (κ3) is 2.03. The lowest BCUT2D eigenvalue weighted by Crippen LogP contribution is -2.41. The zero-order valence-electron chi connectivity index (χ0n) is 8.56. The molecule has 0 unspecified atom stereocenters. The second kappa shape index (κ2) is 3.57. The fraction of sp³-hybridized carbons (Fsp3) is 0.800. The first-order valence-electron chi connectivity index (χ1n) is 5.51. The molecule has 3 rings (SSSR count). The molecule has 0 spiro atoms. The Bertz CT molecular complexity index is 342. The van der Waals surface area contributed by atoms with Crippen LogP contribution in [0.4, 0.5) is 0 Å². The van der Waals surface area contributed by atoms with Crippen molar-refractivity contribution in [1.29, 1.82) is 0 Å². The smallest absolute Gasteiger partial charge is 0.229 e. The van der Waals surface area contributed by atoms with E-state index in [0.717, 1.165) is 18.7 Å². The van der Waals surface area contributed by atoms with Gasteiger partial charge in [-0.3, -0.25) is 0 Å². The number of ether oxygens (including phenoxy) is 1. The van der Waals surface area contributed by atoms with Crippen molar-refractivity contribution in [2.24, 2.45) is 5.73 Å². The van der Waals surface area contributed by atoms with Crippen LogP contribution < -0.4 is 5.73 Å². The Morgan fingerprint density at radius 3 is 2.87 bits per heavy atom. The first-order chi connectivity index (χ1) is 7.31. The molecule has 0 atom stereocenters. The van der Waals surface area contributed by atoms with Gasteiger partial charge in [-0.2, -0.15) is 4.98 Å². The van der Waals surface area contributed by atoms with E-state index in [1.165, 1.54) is 12.8 Å². The average molecular weight is 209 g/mol. The van der Waals surface area contributed by atoms with Gasteiger partial charge in [-0.25, -0.2) is 0 Å². The van der Waals surface area contributed by atoms with Crippen molar-refractivity contribution >= 4 is 0 Å². The van der Waals surface area contributed by atoms with E-state index in [-0.39, 0.29) is 0 Å². The van der Waals surface area contributed by atoms with Crippen LogP contribution in [0.5, 0.6) is 0 Å². The van der Waals surface area contributed by atoms with Crippen molar-refractivity contribution in [2.75, 3.05) is 0 Å². The lowest BCUT2D eigenvalue weighted by molar-refractivity contribution is -0.0221. The molecule has 0 bridgehead atoms. The number of aromatic nitrogens is 2. The van der Waals surface area contributed by atoms with Gasteiger partial charge in [-0.05, 0) is 25.7 Å². The van der Waals surface area contributed by atoms with Crippen molar-refractivity contribution in [3.05, 3.63) is 11.7 Å². The van der Waals surface area contributed by atoms with Crippen LogP contribution in [0.3, 0.4) is 0 Å². The van der Waals surface area contributed by atoms with E-state index in [0.29, 0.717) is 30.5 Å². The third-order valence-corrected chi connectivity index (χ3v) is 2.99. The minimum Gasteiger partial charge on any atom is -0.370 e. The maximum absolute atomic E-state index is 5.66. The molecule has 2 aliphatic rings. The topological polar surface area (TPSA) is 74.2 Å². The summed E-state index contributed by atoms with van der Waals surface area (Å²) < 4.78 is 10.7. The first-order valence-corrected chi connectivity index (χ1v) is 5.51. The van der Waals surface area contributed by atoms with Crippen LogP contribution in [-0.2, 0) is 11.3 Å². The van der Waals surface area contributed by atoms with Gasteiger partial charge >= 0.3 is 0 Å². The van der Waals surface area contributed by atoms with Crippen molar-refractivity contribution in [2.45, 2.75) is 50.4 Å². The Hall–Kier alpha value is -0.940. The summed E-state index contributed by atoms with van der Waals surface area (Å²) >= 11 is 0. The van der Waals surface area contributed by atoms with Gasteiger partial charge in [0.05, 0.1) is 6.10 Å². The number of nitrogens with zero attached hydrogens (tertiary/aromatic N) is 2. The first kappa shape index (κ1) is 9.30. The van der Waals surface area contributed by atoms with E-state index < -0.39 is 0 Å². The Balaban J connectivity index is 1.49. The zero-order valence-corrected chi connectivity index (χ0v) is 8.56. The molecule has 15 heavy (non-hydrogen) atoms. The SMILES string of the molecule is NC1CC(OCc2noc(C3CC3)n2)C1. The van der Waals surface area contributed by atoms with Crippen LogP contribution in [0, 0.1) is 0 Å². The van der Waals surface area contributed by atoms with Crippen LogP contribution in [0.25, 0.3) is 0 Å². The van der Waals surface area contributed by atoms with E-state index >= 15 is 0 Å². The fourth-order valence-electron chi connectivity index (χ4n) is 1.76. The van der Waals surface area contributed by atoms with Crippen molar-refractivity contribution in [1.82, 2.24) is 10.1 Å². The molecule has 82 valence electrons. The summed E-state index contributed by atoms with van der Waals surface area (Å²) in [5.41, 5.74) is 5.66. The quantitative estimate of drug-likeness (QED) is 0.799. The lowest BCUT2D eigenvalue weighted by Gasteiger charge is -2.31. The minimum atomic E-state index is 0.294. The lowest BCUT2D eigenvalue weighted by atomic mass is 9.90. The third-order valence-electron chi connectivity index (χ3n) is 2.99. The molecule has 1 aromatic heterocycles. The summed E-state index contributed by atoms with van der Waals surface area (Å²) in [6, 6.07) is 0.322. The van der Waals surface area contributed by atoms with Gasteiger partial charge in [0.1, 0.15) is 6.61 Å². The maximum Gasteiger partial charge on any atom is 0.229 e. The molecule has 2 N–H and O–H groups in total. The number of nitrogens with two attached hydrogens (primary N) is 1. The van der Waals surface area contributed by atoms with Gasteiger partial charge in [0.15, 0.2) is 5.82 Å². The van der Waals surface area contributed by atoms with E-state index in [9.17, 15) is 0 Å². The molecule has 2 aliphatic carbocycles.